The normalized spacial score (nSPS) is 25.1. The summed E-state index contributed by atoms with van der Waals surface area (Å²) in [4.78, 5) is 0. The summed E-state index contributed by atoms with van der Waals surface area (Å²) in [6.07, 6.45) is -26.5. The number of fused-ring (bicyclic) bond motifs is 1. The van der Waals surface area contributed by atoms with Crippen molar-refractivity contribution in [2.45, 2.75) is 35.9 Å². The summed E-state index contributed by atoms with van der Waals surface area (Å²) in [6, 6.07) is 3.56. The number of hydrogen-bond acceptors (Lipinski definition) is 4. The number of alkyl halides is 12. The molecule has 2 heterocycles. The van der Waals surface area contributed by atoms with E-state index >= 15 is 0 Å². The molecule has 0 atom stereocenters. The minimum atomic E-state index is -6.97. The first-order valence-electron chi connectivity index (χ1n) is 8.36. The molecule has 4 nitrogen and oxygen atoms in total. The predicted molar refractivity (Wildman–Crippen MR) is 86.2 cm³/mol. The Morgan fingerprint density at radius 2 is 1.00 bits per heavy atom. The Labute approximate surface area is 176 Å². The van der Waals surface area contributed by atoms with Gasteiger partial charge in [0.15, 0.2) is 0 Å². The molecule has 1 aromatic rings. The molecule has 0 aliphatic carbocycles. The molecule has 1 aromatic carbocycles. The van der Waals surface area contributed by atoms with E-state index in [2.05, 4.69) is 18.1 Å². The maximum atomic E-state index is 14.1. The van der Waals surface area contributed by atoms with Crippen LogP contribution in [0.5, 0.6) is 0 Å². The number of hydrogen-bond donors (Lipinski definition) is 0. The zero-order chi connectivity index (χ0) is 25.5. The molecule has 2 aliphatic heterocycles. The summed E-state index contributed by atoms with van der Waals surface area (Å²) >= 11 is 0. The van der Waals surface area contributed by atoms with Crippen molar-refractivity contribution >= 4 is 13.1 Å². The van der Waals surface area contributed by atoms with Crippen molar-refractivity contribution in [1.29, 1.82) is 0 Å². The summed E-state index contributed by atoms with van der Waals surface area (Å²) < 4.78 is 184. The number of halogens is 12. The van der Waals surface area contributed by atoms with Gasteiger partial charge in [-0.1, -0.05) is 0 Å². The summed E-state index contributed by atoms with van der Waals surface area (Å²) in [5.74, 6) is 0. The van der Waals surface area contributed by atoms with Crippen LogP contribution in [0.15, 0.2) is 35.6 Å². The van der Waals surface area contributed by atoms with Gasteiger partial charge in [0.25, 0.3) is 0 Å². The quantitative estimate of drug-likeness (QED) is 0.325. The fraction of sp³-hybridized carbons (Fsp3) is 0.500. The average Bonchev–Trinajstić information content (AvgIpc) is 2.86. The van der Waals surface area contributed by atoms with Crippen LogP contribution in [0.2, 0.25) is 0 Å². The van der Waals surface area contributed by atoms with Crippen molar-refractivity contribution in [3.8, 4) is 0 Å². The minimum absolute atomic E-state index is 0.212. The van der Waals surface area contributed by atoms with Gasteiger partial charge in [-0.2, -0.15) is 0 Å². The molecule has 33 heavy (non-hydrogen) atoms. The molecule has 0 unspecified atom stereocenters. The molecule has 0 saturated carbocycles. The van der Waals surface area contributed by atoms with E-state index in [0.717, 1.165) is 18.2 Å². The topological polar surface area (TPSA) is 36.9 Å². The monoisotopic (exact) mass is 526 g/mol. The van der Waals surface area contributed by atoms with E-state index in [1.165, 1.54) is 0 Å². The second kappa shape index (κ2) is 6.74. The fourth-order valence-corrected chi connectivity index (χ4v) is 7.76. The number of benzene rings is 1. The van der Waals surface area contributed by atoms with Crippen molar-refractivity contribution in [1.82, 2.24) is 0 Å². The van der Waals surface area contributed by atoms with E-state index in [9.17, 15) is 52.7 Å². The maximum absolute atomic E-state index is 14.1. The molecule has 1 fully saturated rings. The summed E-state index contributed by atoms with van der Waals surface area (Å²) in [5.41, 5.74) is -15.2. The van der Waals surface area contributed by atoms with Crippen LogP contribution >= 0.6 is 7.51 Å². The van der Waals surface area contributed by atoms with Crippen LogP contribution in [-0.2, 0) is 18.1 Å². The molecule has 17 heteroatoms. The van der Waals surface area contributed by atoms with Gasteiger partial charge in [-0.05, 0) is 0 Å². The molecule has 2 aliphatic rings. The van der Waals surface area contributed by atoms with Crippen molar-refractivity contribution < 1.29 is 70.8 Å². The summed E-state index contributed by atoms with van der Waals surface area (Å²) in [7, 11) is -6.55. The standard InChI is InChI=1S/C16H11F12O4P/c1-29-33(30-2)10(12(32-33,15(23,24)25)16(26,27)28)9(8-6-4-3-5-7-8)11(31-33,13(17,18)19)14(20,21)22/h3-7H,1-2H3. The van der Waals surface area contributed by atoms with Crippen LogP contribution in [0.25, 0.3) is 5.57 Å². The van der Waals surface area contributed by atoms with Gasteiger partial charge in [0.1, 0.15) is 0 Å². The van der Waals surface area contributed by atoms with Crippen molar-refractivity contribution in [3.63, 3.8) is 0 Å². The Morgan fingerprint density at radius 3 is 1.33 bits per heavy atom. The molecular formula is C16H11F12O4P. The van der Waals surface area contributed by atoms with Gasteiger partial charge >= 0.3 is 175 Å². The van der Waals surface area contributed by atoms with E-state index in [1.807, 2.05) is 0 Å². The van der Waals surface area contributed by atoms with Gasteiger partial charge in [0, 0.05) is 0 Å². The number of rotatable bonds is 3. The molecule has 0 spiro atoms. The van der Waals surface area contributed by atoms with Gasteiger partial charge in [-0.25, -0.2) is 0 Å². The molecule has 0 amide bonds. The van der Waals surface area contributed by atoms with E-state index in [4.69, 9.17) is 0 Å². The van der Waals surface area contributed by atoms with Gasteiger partial charge in [-0.15, -0.1) is 0 Å². The average molecular weight is 526 g/mol. The molecule has 0 aromatic heterocycles. The molecule has 1 saturated heterocycles. The zero-order valence-electron chi connectivity index (χ0n) is 16.0. The van der Waals surface area contributed by atoms with Crippen LogP contribution in [0.4, 0.5) is 52.7 Å². The molecule has 0 N–H and O–H groups in total. The van der Waals surface area contributed by atoms with Crippen LogP contribution in [-0.4, -0.2) is 50.1 Å². The van der Waals surface area contributed by atoms with E-state index in [-0.39, 0.29) is 14.2 Å². The second-order valence-corrected chi connectivity index (χ2v) is 9.97. The fourth-order valence-electron chi connectivity index (χ4n) is 3.85. The molecular weight excluding hydrogens is 515 g/mol. The van der Waals surface area contributed by atoms with Gasteiger partial charge in [0.05, 0.1) is 0 Å². The molecule has 188 valence electrons. The van der Waals surface area contributed by atoms with Gasteiger partial charge in [-0.3, -0.25) is 0 Å². The first-order valence-corrected chi connectivity index (χ1v) is 10.3. The summed E-state index contributed by atoms with van der Waals surface area (Å²) in [5, 5.41) is -2.61. The van der Waals surface area contributed by atoms with Gasteiger partial charge < -0.3 is 0 Å². The van der Waals surface area contributed by atoms with Crippen molar-refractivity contribution in [2.24, 2.45) is 0 Å². The Morgan fingerprint density at radius 1 is 0.636 bits per heavy atom. The first kappa shape index (κ1) is 26.0. The van der Waals surface area contributed by atoms with Crippen LogP contribution < -0.4 is 0 Å². The van der Waals surface area contributed by atoms with Crippen molar-refractivity contribution in [3.05, 3.63) is 41.2 Å². The van der Waals surface area contributed by atoms with Crippen LogP contribution in [0.3, 0.4) is 0 Å². The molecule has 0 bridgehead atoms. The molecule has 0 radical (unpaired) electrons. The van der Waals surface area contributed by atoms with Gasteiger partial charge in [0.2, 0.25) is 0 Å². The Hall–Kier alpha value is -1.61. The third-order valence-corrected chi connectivity index (χ3v) is 8.87. The third kappa shape index (κ3) is 2.87. The van der Waals surface area contributed by atoms with E-state index in [0.29, 0.717) is 12.1 Å². The Balaban J connectivity index is 2.69. The van der Waals surface area contributed by atoms with E-state index < -0.39 is 59.9 Å². The predicted octanol–water partition coefficient (Wildman–Crippen LogP) is 6.69. The SMILES string of the molecule is COP12(OC)OC(C(F)(F)F)(C(F)(F)F)C(c3ccccc3)=C1C(C(F)(F)F)(C(F)(F)F)O2. The first-order chi connectivity index (χ1) is 14.7. The summed E-state index contributed by atoms with van der Waals surface area (Å²) in [6.45, 7) is 0. The van der Waals surface area contributed by atoms with Crippen molar-refractivity contribution in [2.75, 3.05) is 14.2 Å². The molecule has 3 rings (SSSR count). The second-order valence-electron chi connectivity index (χ2n) is 6.80. The van der Waals surface area contributed by atoms with E-state index in [1.54, 1.807) is 0 Å². The van der Waals surface area contributed by atoms with Crippen LogP contribution in [0, 0.1) is 0 Å². The van der Waals surface area contributed by atoms with Crippen LogP contribution in [0.1, 0.15) is 5.56 Å². The third-order valence-electron chi connectivity index (χ3n) is 5.17. The Bertz CT molecular complexity index is 944. The zero-order valence-corrected chi connectivity index (χ0v) is 16.9. The Kier molecular flexibility index (Phi) is 5.31.